The Morgan fingerprint density at radius 3 is 1.87 bits per heavy atom. The van der Waals surface area contributed by atoms with Gasteiger partial charge in [-0.05, 0) is 71.9 Å². The molecule has 2 fully saturated rings. The van der Waals surface area contributed by atoms with Crippen LogP contribution in [0, 0.1) is 19.1 Å². The largest absolute Gasteiger partial charge is 0.376 e. The van der Waals surface area contributed by atoms with E-state index >= 15 is 0 Å². The van der Waals surface area contributed by atoms with Gasteiger partial charge in [0.1, 0.15) is 5.69 Å². The van der Waals surface area contributed by atoms with Gasteiger partial charge >= 0.3 is 0 Å². The fourth-order valence-electron chi connectivity index (χ4n) is 7.99. The van der Waals surface area contributed by atoms with Gasteiger partial charge in [-0.2, -0.15) is 0 Å². The lowest BCUT2D eigenvalue weighted by Gasteiger charge is -2.23. The van der Waals surface area contributed by atoms with Gasteiger partial charge in [0.05, 0.1) is 26.4 Å². The van der Waals surface area contributed by atoms with E-state index in [1.165, 1.54) is 97.4 Å². The van der Waals surface area contributed by atoms with Gasteiger partial charge in [-0.3, -0.25) is 0 Å². The number of pyridine rings is 2. The Hall–Kier alpha value is -4.60. The molecule has 0 unspecified atom stereocenters. The molecule has 8 heteroatoms. The maximum absolute atomic E-state index is 7.28. The molecule has 8 rings (SSSR count). The van der Waals surface area contributed by atoms with E-state index in [4.69, 9.17) is 22.6 Å². The molecule has 3 aliphatic carbocycles. The zero-order valence-corrected chi connectivity index (χ0v) is 33.4. The lowest BCUT2D eigenvalue weighted by molar-refractivity contribution is 0.114. The van der Waals surface area contributed by atoms with Crippen molar-refractivity contribution in [2.45, 2.75) is 96.3 Å². The van der Waals surface area contributed by atoms with Crippen LogP contribution in [-0.4, -0.2) is 33.1 Å². The molecule has 3 heterocycles. The Bertz CT molecular complexity index is 2050. The molecule has 0 spiro atoms. The van der Waals surface area contributed by atoms with E-state index in [0.29, 0.717) is 37.4 Å². The second-order valence-corrected chi connectivity index (χ2v) is 15.3. The molecule has 2 aromatic carbocycles. The third-order valence-corrected chi connectivity index (χ3v) is 11.1. The molecule has 0 N–H and O–H groups in total. The number of aromatic nitrogens is 3. The van der Waals surface area contributed by atoms with Crippen LogP contribution in [0.15, 0.2) is 97.2 Å². The molecule has 284 valence electrons. The topological polar surface area (TPSA) is 57.9 Å². The van der Waals surface area contributed by atoms with Crippen molar-refractivity contribution < 1.29 is 9.47 Å². The Kier molecular flexibility index (Phi) is 15.7. The molecule has 2 saturated carbocycles. The van der Waals surface area contributed by atoms with E-state index in [2.05, 4.69) is 88.8 Å². The first-order chi connectivity index (χ1) is 27.2. The Labute approximate surface area is 335 Å². The third kappa shape index (κ3) is 11.5. The van der Waals surface area contributed by atoms with Crippen molar-refractivity contribution in [2.24, 2.45) is 5.92 Å². The lowest BCUT2D eigenvalue weighted by Crippen LogP contribution is -2.07. The highest BCUT2D eigenvalue weighted by Gasteiger charge is 2.26. The maximum atomic E-state index is 7.28. The quantitative estimate of drug-likeness (QED) is 0.0759. The average Bonchev–Trinajstić information content (AvgIpc) is 3.85. The first kappa shape index (κ1) is 40.1. The summed E-state index contributed by atoms with van der Waals surface area (Å²) in [4.78, 5) is 15.9. The van der Waals surface area contributed by atoms with Crippen molar-refractivity contribution in [3.8, 4) is 0 Å². The number of allylic oxidation sites excluding steroid dienone is 2. The molecule has 0 saturated heterocycles. The van der Waals surface area contributed by atoms with Gasteiger partial charge in [-0.15, -0.1) is 9.97 Å². The molecular formula is C47H52BrN5O2. The van der Waals surface area contributed by atoms with Crippen LogP contribution in [0.3, 0.4) is 0 Å². The molecule has 0 radical (unpaired) electrons. The Morgan fingerprint density at radius 2 is 1.25 bits per heavy atom. The summed E-state index contributed by atoms with van der Waals surface area (Å²) in [6.45, 7) is 17.8. The number of rotatable bonds is 11. The number of hydrogen-bond acceptors (Lipinski definition) is 4. The highest BCUT2D eigenvalue weighted by molar-refractivity contribution is 9.09. The Morgan fingerprint density at radius 1 is 0.673 bits per heavy atom. The summed E-state index contributed by atoms with van der Waals surface area (Å²) in [6.07, 6.45) is 18.8. The summed E-state index contributed by atoms with van der Waals surface area (Å²) >= 11 is 3.30. The molecular weight excluding hydrogens is 746 g/mol. The minimum absolute atomic E-state index is 0.460. The minimum atomic E-state index is 0.460. The van der Waals surface area contributed by atoms with Gasteiger partial charge < -0.3 is 23.7 Å². The lowest BCUT2D eigenvalue weighted by atomic mass is 9.82. The summed E-state index contributed by atoms with van der Waals surface area (Å²) < 4.78 is 13.4. The van der Waals surface area contributed by atoms with Gasteiger partial charge in [0.2, 0.25) is 5.65 Å². The van der Waals surface area contributed by atoms with Gasteiger partial charge in [0.15, 0.2) is 0 Å². The van der Waals surface area contributed by atoms with Crippen LogP contribution in [0.4, 0.5) is 11.6 Å². The summed E-state index contributed by atoms with van der Waals surface area (Å²) in [5, 5.41) is 2.11. The molecule has 0 amide bonds. The SMILES string of the molecule is BrCCOCc1ccccc1.[C-]#[N+]c1ccc2c(C3CCCCC3)cn(CCOCc3ccccc3)c2n1.[C-]#[N+]c1ccc2c(n1)CC=C2C1CCCCC1. The van der Waals surface area contributed by atoms with Crippen molar-refractivity contribution in [3.05, 3.63) is 148 Å². The van der Waals surface area contributed by atoms with Crippen LogP contribution in [0.2, 0.25) is 0 Å². The number of alkyl halides is 1. The first-order valence-electron chi connectivity index (χ1n) is 19.9. The minimum Gasteiger partial charge on any atom is -0.376 e. The van der Waals surface area contributed by atoms with Crippen LogP contribution in [0.1, 0.15) is 98.1 Å². The number of benzene rings is 2. The standard InChI is InChI=1S/C23H25N3O.C15H16N2.C9H11BrO/c1-24-22-13-12-20-21(19-10-6-3-7-11-19)16-26(23(20)25-22)14-15-27-17-18-8-4-2-5-9-18;1-16-15-10-8-13-12(7-9-14(13)17-15)11-5-3-2-4-6-11;10-6-7-11-8-9-4-2-1-3-5-9/h2,4-5,8-9,12-13,16,19H,3,6-7,10-11,14-15,17H2;7-8,10-11H,2-6,9H2;1-5H,6-8H2. The smallest absolute Gasteiger partial charge is 0.271 e. The third-order valence-electron chi connectivity index (χ3n) is 10.8. The van der Waals surface area contributed by atoms with Crippen molar-refractivity contribution >= 4 is 44.2 Å². The van der Waals surface area contributed by atoms with E-state index in [1.807, 2.05) is 48.5 Å². The molecule has 0 atom stereocenters. The number of halogens is 1. The van der Waals surface area contributed by atoms with Crippen LogP contribution >= 0.6 is 15.9 Å². The number of ether oxygens (including phenoxy) is 2. The average molecular weight is 799 g/mol. The van der Waals surface area contributed by atoms with E-state index in [1.54, 1.807) is 0 Å². The maximum Gasteiger partial charge on any atom is 0.271 e. The zero-order chi connectivity index (χ0) is 38.1. The number of fused-ring (bicyclic) bond motifs is 2. The van der Waals surface area contributed by atoms with Gasteiger partial charge in [0.25, 0.3) is 11.6 Å². The summed E-state index contributed by atoms with van der Waals surface area (Å²) in [5.41, 5.74) is 8.66. The highest BCUT2D eigenvalue weighted by Crippen LogP contribution is 2.40. The van der Waals surface area contributed by atoms with E-state index in [-0.39, 0.29) is 0 Å². The van der Waals surface area contributed by atoms with E-state index in [0.717, 1.165) is 42.2 Å². The van der Waals surface area contributed by atoms with Crippen LogP contribution in [0.25, 0.3) is 26.3 Å². The summed E-state index contributed by atoms with van der Waals surface area (Å²) in [5.74, 6) is 2.35. The number of hydrogen-bond donors (Lipinski definition) is 0. The predicted molar refractivity (Wildman–Crippen MR) is 227 cm³/mol. The van der Waals surface area contributed by atoms with Crippen LogP contribution in [-0.2, 0) is 35.7 Å². The Balaban J connectivity index is 0.000000156. The molecule has 5 aromatic rings. The fourth-order valence-corrected chi connectivity index (χ4v) is 8.22. The van der Waals surface area contributed by atoms with Crippen LogP contribution < -0.4 is 0 Å². The molecule has 55 heavy (non-hydrogen) atoms. The second kappa shape index (κ2) is 21.5. The zero-order valence-electron chi connectivity index (χ0n) is 31.8. The first-order valence-corrected chi connectivity index (χ1v) is 21.0. The molecule has 0 aliphatic heterocycles. The van der Waals surface area contributed by atoms with E-state index in [9.17, 15) is 0 Å². The van der Waals surface area contributed by atoms with Crippen LogP contribution in [0.5, 0.6) is 0 Å². The summed E-state index contributed by atoms with van der Waals surface area (Å²) in [6, 6.07) is 28.3. The van der Waals surface area contributed by atoms with Gasteiger partial charge in [0, 0.05) is 35.4 Å². The normalized spacial score (nSPS) is 15.4. The van der Waals surface area contributed by atoms with Crippen molar-refractivity contribution in [3.63, 3.8) is 0 Å². The van der Waals surface area contributed by atoms with Gasteiger partial charge in [-0.25, -0.2) is 0 Å². The number of nitrogens with zero attached hydrogens (tertiary/aromatic N) is 5. The van der Waals surface area contributed by atoms with Crippen molar-refractivity contribution in [2.75, 3.05) is 18.5 Å². The molecule has 3 aliphatic rings. The predicted octanol–water partition coefficient (Wildman–Crippen LogP) is 12.6. The van der Waals surface area contributed by atoms with Gasteiger partial charge in [-0.1, -0.05) is 146 Å². The molecule has 0 bridgehead atoms. The molecule has 3 aromatic heterocycles. The van der Waals surface area contributed by atoms with E-state index < -0.39 is 0 Å². The van der Waals surface area contributed by atoms with Crippen molar-refractivity contribution in [1.82, 2.24) is 14.5 Å². The second-order valence-electron chi connectivity index (χ2n) is 14.5. The molecule has 7 nitrogen and oxygen atoms in total. The summed E-state index contributed by atoms with van der Waals surface area (Å²) in [7, 11) is 0. The highest BCUT2D eigenvalue weighted by atomic mass is 79.9. The van der Waals surface area contributed by atoms with Crippen molar-refractivity contribution in [1.29, 1.82) is 0 Å². The monoisotopic (exact) mass is 797 g/mol. The fraction of sp³-hybridized carbons (Fsp3) is 0.404.